The summed E-state index contributed by atoms with van der Waals surface area (Å²) in [6, 6.07) is 5.40. The molecule has 7 heteroatoms. The zero-order chi connectivity index (χ0) is 18.7. The molecule has 0 radical (unpaired) electrons. The Balaban J connectivity index is 1.77. The van der Waals surface area contributed by atoms with E-state index in [2.05, 4.69) is 29.0 Å². The molecule has 0 saturated heterocycles. The van der Waals surface area contributed by atoms with E-state index in [9.17, 15) is 9.59 Å². The van der Waals surface area contributed by atoms with Crippen LogP contribution in [0.2, 0.25) is 0 Å². The van der Waals surface area contributed by atoms with Crippen molar-refractivity contribution in [2.24, 2.45) is 0 Å². The molecule has 3 aromatic heterocycles. The van der Waals surface area contributed by atoms with E-state index in [0.717, 1.165) is 31.6 Å². The van der Waals surface area contributed by atoms with Gasteiger partial charge in [-0.05, 0) is 50.7 Å². The number of thiophene rings is 1. The predicted molar refractivity (Wildman–Crippen MR) is 106 cm³/mol. The van der Waals surface area contributed by atoms with Crippen LogP contribution in [0.15, 0.2) is 29.2 Å². The third-order valence-corrected chi connectivity index (χ3v) is 5.61. The summed E-state index contributed by atoms with van der Waals surface area (Å²) in [4.78, 5) is 33.1. The second kappa shape index (κ2) is 7.97. The van der Waals surface area contributed by atoms with Gasteiger partial charge in [0.1, 0.15) is 10.5 Å². The SMILES string of the molecule is CCN(CC)CCCNC(=O)c1cc2c(=O)n3cccc(C)c3nc2s1. The van der Waals surface area contributed by atoms with Crippen LogP contribution in [0.3, 0.4) is 0 Å². The molecule has 3 rings (SSSR count). The number of rotatable bonds is 7. The summed E-state index contributed by atoms with van der Waals surface area (Å²) >= 11 is 1.27. The van der Waals surface area contributed by atoms with Gasteiger partial charge in [0.2, 0.25) is 0 Å². The molecule has 0 fully saturated rings. The van der Waals surface area contributed by atoms with E-state index in [-0.39, 0.29) is 11.5 Å². The average molecular weight is 372 g/mol. The minimum Gasteiger partial charge on any atom is -0.351 e. The summed E-state index contributed by atoms with van der Waals surface area (Å²) in [6.07, 6.45) is 2.62. The highest BCUT2D eigenvalue weighted by Crippen LogP contribution is 2.22. The molecule has 1 amide bonds. The van der Waals surface area contributed by atoms with E-state index in [0.29, 0.717) is 27.3 Å². The van der Waals surface area contributed by atoms with Crippen molar-refractivity contribution in [3.8, 4) is 0 Å². The van der Waals surface area contributed by atoms with Crippen LogP contribution >= 0.6 is 11.3 Å². The molecule has 3 aromatic rings. The molecule has 0 spiro atoms. The Morgan fingerprint density at radius 1 is 1.35 bits per heavy atom. The Morgan fingerprint density at radius 2 is 2.12 bits per heavy atom. The molecular formula is C19H24N4O2S. The fraction of sp³-hybridized carbons (Fsp3) is 0.421. The summed E-state index contributed by atoms with van der Waals surface area (Å²) in [6.45, 7) is 9.81. The van der Waals surface area contributed by atoms with Gasteiger partial charge in [0.05, 0.1) is 10.3 Å². The van der Waals surface area contributed by atoms with Crippen LogP contribution < -0.4 is 10.9 Å². The van der Waals surface area contributed by atoms with Gasteiger partial charge in [-0.2, -0.15) is 0 Å². The number of nitrogens with one attached hydrogen (secondary N) is 1. The molecule has 0 bridgehead atoms. The van der Waals surface area contributed by atoms with Gasteiger partial charge in [-0.3, -0.25) is 14.0 Å². The molecule has 26 heavy (non-hydrogen) atoms. The second-order valence-electron chi connectivity index (χ2n) is 6.27. The molecule has 0 aliphatic carbocycles. The van der Waals surface area contributed by atoms with Crippen LogP contribution in [0, 0.1) is 6.92 Å². The largest absolute Gasteiger partial charge is 0.351 e. The molecular weight excluding hydrogens is 348 g/mol. The number of hydrogen-bond acceptors (Lipinski definition) is 5. The topological polar surface area (TPSA) is 66.7 Å². The Labute approximate surface area is 156 Å². The van der Waals surface area contributed by atoms with Gasteiger partial charge in [-0.25, -0.2) is 4.98 Å². The first-order chi connectivity index (χ1) is 12.5. The van der Waals surface area contributed by atoms with Crippen LogP contribution in [0.1, 0.15) is 35.5 Å². The zero-order valence-corrected chi connectivity index (χ0v) is 16.2. The average Bonchev–Trinajstić information content (AvgIpc) is 3.07. The molecule has 0 atom stereocenters. The Kier molecular flexibility index (Phi) is 5.68. The fourth-order valence-corrected chi connectivity index (χ4v) is 3.94. The van der Waals surface area contributed by atoms with Gasteiger partial charge >= 0.3 is 0 Å². The van der Waals surface area contributed by atoms with Gasteiger partial charge in [0, 0.05) is 12.7 Å². The molecule has 0 aromatic carbocycles. The van der Waals surface area contributed by atoms with E-state index < -0.39 is 0 Å². The molecule has 0 unspecified atom stereocenters. The summed E-state index contributed by atoms with van der Waals surface area (Å²) in [5.74, 6) is -0.141. The minimum absolute atomic E-state index is 0.134. The third-order valence-electron chi connectivity index (χ3n) is 4.59. The molecule has 3 heterocycles. The highest BCUT2D eigenvalue weighted by Gasteiger charge is 2.15. The summed E-state index contributed by atoms with van der Waals surface area (Å²) in [5.41, 5.74) is 1.44. The monoisotopic (exact) mass is 372 g/mol. The fourth-order valence-electron chi connectivity index (χ4n) is 3.00. The maximum Gasteiger partial charge on any atom is 0.266 e. The van der Waals surface area contributed by atoms with Crippen molar-refractivity contribution in [1.29, 1.82) is 0 Å². The van der Waals surface area contributed by atoms with Crippen molar-refractivity contribution in [2.45, 2.75) is 27.2 Å². The van der Waals surface area contributed by atoms with E-state index in [4.69, 9.17) is 0 Å². The minimum atomic E-state index is -0.141. The second-order valence-corrected chi connectivity index (χ2v) is 7.30. The molecule has 1 N–H and O–H groups in total. The first kappa shape index (κ1) is 18.5. The van der Waals surface area contributed by atoms with Crippen LogP contribution in [-0.4, -0.2) is 46.4 Å². The smallest absolute Gasteiger partial charge is 0.266 e. The number of carbonyl (C=O) groups is 1. The van der Waals surface area contributed by atoms with E-state index in [1.165, 1.54) is 15.7 Å². The number of fused-ring (bicyclic) bond motifs is 2. The van der Waals surface area contributed by atoms with E-state index in [1.54, 1.807) is 12.3 Å². The third kappa shape index (κ3) is 3.64. The van der Waals surface area contributed by atoms with E-state index in [1.807, 2.05) is 19.1 Å². The van der Waals surface area contributed by atoms with Crippen LogP contribution in [0.25, 0.3) is 15.9 Å². The van der Waals surface area contributed by atoms with E-state index >= 15 is 0 Å². The predicted octanol–water partition coefficient (Wildman–Crippen LogP) is 2.68. The summed E-state index contributed by atoms with van der Waals surface area (Å²) < 4.78 is 1.54. The standard InChI is InChI=1S/C19H24N4O2S/c1-4-22(5-2)10-7-9-20-17(24)15-12-14-18(26-15)21-16-13(3)8-6-11-23(16)19(14)25/h6,8,11-12H,4-5,7,9-10H2,1-3H3,(H,20,24). The summed E-state index contributed by atoms with van der Waals surface area (Å²) in [7, 11) is 0. The number of aryl methyl sites for hydroxylation is 1. The number of pyridine rings is 1. The van der Waals surface area contributed by atoms with Crippen LogP contribution in [-0.2, 0) is 0 Å². The lowest BCUT2D eigenvalue weighted by Gasteiger charge is -2.17. The van der Waals surface area contributed by atoms with Crippen molar-refractivity contribution in [1.82, 2.24) is 19.6 Å². The maximum absolute atomic E-state index is 12.7. The van der Waals surface area contributed by atoms with Gasteiger partial charge in [-0.15, -0.1) is 11.3 Å². The number of aromatic nitrogens is 2. The molecule has 0 aliphatic heterocycles. The molecule has 0 saturated carbocycles. The highest BCUT2D eigenvalue weighted by atomic mass is 32.1. The zero-order valence-electron chi connectivity index (χ0n) is 15.4. The first-order valence-corrected chi connectivity index (χ1v) is 9.78. The number of nitrogens with zero attached hydrogens (tertiary/aromatic N) is 3. The number of hydrogen-bond donors (Lipinski definition) is 1. The first-order valence-electron chi connectivity index (χ1n) is 8.97. The highest BCUT2D eigenvalue weighted by molar-refractivity contribution is 7.20. The van der Waals surface area contributed by atoms with Crippen LogP contribution in [0.4, 0.5) is 0 Å². The molecule has 138 valence electrons. The summed E-state index contributed by atoms with van der Waals surface area (Å²) in [5, 5.41) is 3.44. The van der Waals surface area contributed by atoms with Crippen molar-refractivity contribution in [3.63, 3.8) is 0 Å². The van der Waals surface area contributed by atoms with Crippen molar-refractivity contribution >= 4 is 33.1 Å². The van der Waals surface area contributed by atoms with Gasteiger partial charge in [0.25, 0.3) is 11.5 Å². The van der Waals surface area contributed by atoms with Gasteiger partial charge < -0.3 is 10.2 Å². The van der Waals surface area contributed by atoms with Gasteiger partial charge in [0.15, 0.2) is 0 Å². The van der Waals surface area contributed by atoms with Crippen LogP contribution in [0.5, 0.6) is 0 Å². The lowest BCUT2D eigenvalue weighted by Crippen LogP contribution is -2.29. The lowest BCUT2D eigenvalue weighted by molar-refractivity contribution is 0.0956. The Bertz CT molecular complexity index is 988. The van der Waals surface area contributed by atoms with Crippen molar-refractivity contribution < 1.29 is 4.79 Å². The quantitative estimate of drug-likeness (QED) is 0.648. The maximum atomic E-state index is 12.7. The molecule has 6 nitrogen and oxygen atoms in total. The number of amides is 1. The Hall–Kier alpha value is -2.25. The lowest BCUT2D eigenvalue weighted by atomic mass is 10.3. The Morgan fingerprint density at radius 3 is 2.85 bits per heavy atom. The van der Waals surface area contributed by atoms with Crippen molar-refractivity contribution in [3.05, 3.63) is 45.2 Å². The number of carbonyl (C=O) groups excluding carboxylic acids is 1. The van der Waals surface area contributed by atoms with Crippen molar-refractivity contribution in [2.75, 3.05) is 26.2 Å². The van der Waals surface area contributed by atoms with Gasteiger partial charge in [-0.1, -0.05) is 19.9 Å². The molecule has 0 aliphatic rings. The normalized spacial score (nSPS) is 11.5.